The van der Waals surface area contributed by atoms with Crippen LogP contribution in [0.1, 0.15) is 13.8 Å². The van der Waals surface area contributed by atoms with E-state index in [1.807, 2.05) is 13.8 Å². The molecule has 0 rings (SSSR count). The third kappa shape index (κ3) is 9720. The zero-order chi connectivity index (χ0) is 8.00. The van der Waals surface area contributed by atoms with Gasteiger partial charge in [-0.2, -0.15) is 0 Å². The zero-order valence-electron chi connectivity index (χ0n) is 6.73. The van der Waals surface area contributed by atoms with E-state index in [4.69, 9.17) is 0 Å². The molecule has 0 spiro atoms. The second kappa shape index (κ2) is 16500. The summed E-state index contributed by atoms with van der Waals surface area (Å²) < 4.78 is 0. The number of hydrogen-bond donors (Lipinski definition) is 3. The van der Waals surface area contributed by atoms with E-state index >= 15 is 0 Å². The van der Waals surface area contributed by atoms with Crippen LogP contribution in [0, 0.1) is 0 Å². The largest absolute Gasteiger partial charge is 0.333 e. The lowest BCUT2D eigenvalue weighted by Gasteiger charge is -1.19. The van der Waals surface area contributed by atoms with Gasteiger partial charge in [-0.15, -0.1) is 0 Å². The van der Waals surface area contributed by atoms with Crippen molar-refractivity contribution in [2.24, 2.45) is 17.2 Å². The summed E-state index contributed by atoms with van der Waals surface area (Å²) >= 11 is 0. The first-order valence-corrected chi connectivity index (χ1v) is 2.73. The van der Waals surface area contributed by atoms with E-state index < -0.39 is 0 Å². The summed E-state index contributed by atoms with van der Waals surface area (Å²) in [5, 5.41) is 0. The Morgan fingerprint density at radius 2 is 0.500 bits per heavy atom. The number of hydrogen-bond acceptors (Lipinski definition) is 3. The average molecular weight is 123 g/mol. The fourth-order valence-corrected chi connectivity index (χ4v) is 0. The van der Waals surface area contributed by atoms with Crippen LogP contribution in [0.25, 0.3) is 0 Å². The third-order valence-electron chi connectivity index (χ3n) is 0. The van der Waals surface area contributed by atoms with E-state index in [2.05, 4.69) is 17.2 Å². The lowest BCUT2D eigenvalue weighted by Crippen LogP contribution is -1.69. The molecule has 0 aromatic rings. The van der Waals surface area contributed by atoms with Crippen molar-refractivity contribution >= 4 is 0 Å². The van der Waals surface area contributed by atoms with Crippen molar-refractivity contribution in [1.82, 2.24) is 0 Å². The molecule has 56 valence electrons. The van der Waals surface area contributed by atoms with Crippen molar-refractivity contribution in [2.75, 3.05) is 21.1 Å². The highest BCUT2D eigenvalue weighted by Crippen LogP contribution is 1.14. The molecule has 0 fully saturated rings. The summed E-state index contributed by atoms with van der Waals surface area (Å²) in [5.41, 5.74) is 13.5. The zero-order valence-corrected chi connectivity index (χ0v) is 6.73. The Kier molecular flexibility index (Phi) is 51200. The molecule has 6 N–H and O–H groups in total. The van der Waals surface area contributed by atoms with Crippen molar-refractivity contribution in [3.05, 3.63) is 0 Å². The summed E-state index contributed by atoms with van der Waals surface area (Å²) in [6.07, 6.45) is 0. The van der Waals surface area contributed by atoms with Gasteiger partial charge in [0.1, 0.15) is 0 Å². The monoisotopic (exact) mass is 123 g/mol. The maximum Gasteiger partial charge on any atom is -0.0195 e. The standard InChI is InChI=1S/C2H6.3CH5N/c4*1-2/h1-2H3;3*2H2,1H3. The molecule has 0 aliphatic heterocycles. The van der Waals surface area contributed by atoms with Gasteiger partial charge in [0.25, 0.3) is 0 Å². The molecule has 0 bridgehead atoms. The molecule has 0 aliphatic carbocycles. The van der Waals surface area contributed by atoms with Gasteiger partial charge in [-0.3, -0.25) is 0 Å². The van der Waals surface area contributed by atoms with Crippen LogP contribution in [0.5, 0.6) is 0 Å². The molecule has 0 aromatic carbocycles. The van der Waals surface area contributed by atoms with Crippen LogP contribution in [0.15, 0.2) is 0 Å². The van der Waals surface area contributed by atoms with Crippen molar-refractivity contribution < 1.29 is 0 Å². The normalized spacial score (nSPS) is 3.00. The Hall–Kier alpha value is -0.120. The fraction of sp³-hybridized carbons (Fsp3) is 1.00. The van der Waals surface area contributed by atoms with Crippen LogP contribution in [0.4, 0.5) is 0 Å². The predicted molar refractivity (Wildman–Crippen MR) is 41.7 cm³/mol. The van der Waals surface area contributed by atoms with Gasteiger partial charge in [0, 0.05) is 0 Å². The molecule has 3 nitrogen and oxygen atoms in total. The second-order valence-electron chi connectivity index (χ2n) is 0. The molecule has 0 saturated carbocycles. The topological polar surface area (TPSA) is 78.1 Å². The summed E-state index contributed by atoms with van der Waals surface area (Å²) in [5.74, 6) is 0. The molecule has 0 unspecified atom stereocenters. The summed E-state index contributed by atoms with van der Waals surface area (Å²) in [7, 11) is 4.50. The Morgan fingerprint density at radius 3 is 0.500 bits per heavy atom. The molecule has 8 heavy (non-hydrogen) atoms. The second-order valence-corrected chi connectivity index (χ2v) is 0. The Labute approximate surface area is 53.2 Å². The molecule has 0 saturated heterocycles. The van der Waals surface area contributed by atoms with E-state index in [9.17, 15) is 0 Å². The van der Waals surface area contributed by atoms with Gasteiger partial charge in [-0.1, -0.05) is 13.8 Å². The van der Waals surface area contributed by atoms with Gasteiger partial charge in [-0.05, 0) is 21.1 Å². The highest BCUT2D eigenvalue weighted by Gasteiger charge is 0.932. The summed E-state index contributed by atoms with van der Waals surface area (Å²) in [6.45, 7) is 4.00. The van der Waals surface area contributed by atoms with Gasteiger partial charge in [0.05, 0.1) is 0 Å². The van der Waals surface area contributed by atoms with Crippen LogP contribution < -0.4 is 17.2 Å². The highest BCUT2D eigenvalue weighted by atomic mass is 14.4. The highest BCUT2D eigenvalue weighted by molar-refractivity contribution is 3.54. The molecular weight excluding hydrogens is 102 g/mol. The quantitative estimate of drug-likeness (QED) is 0.415. The maximum absolute atomic E-state index is 4.50. The SMILES string of the molecule is CC.CN.CN.CN. The minimum absolute atomic E-state index is 1.50. The van der Waals surface area contributed by atoms with Crippen molar-refractivity contribution in [2.45, 2.75) is 13.8 Å². The minimum atomic E-state index is 1.50. The van der Waals surface area contributed by atoms with E-state index in [1.54, 1.807) is 0 Å². The van der Waals surface area contributed by atoms with E-state index in [-0.39, 0.29) is 0 Å². The number of rotatable bonds is 0. The average Bonchev–Trinajstić information content (AvgIpc) is 2.03. The molecule has 0 heterocycles. The van der Waals surface area contributed by atoms with Gasteiger partial charge >= 0.3 is 0 Å². The van der Waals surface area contributed by atoms with Crippen molar-refractivity contribution in [1.29, 1.82) is 0 Å². The van der Waals surface area contributed by atoms with E-state index in [0.717, 1.165) is 0 Å². The Morgan fingerprint density at radius 1 is 0.500 bits per heavy atom. The lowest BCUT2D eigenvalue weighted by molar-refractivity contribution is 1.48. The van der Waals surface area contributed by atoms with Crippen LogP contribution in [0.2, 0.25) is 0 Å². The van der Waals surface area contributed by atoms with Crippen LogP contribution in [-0.4, -0.2) is 21.1 Å². The summed E-state index contributed by atoms with van der Waals surface area (Å²) in [6, 6.07) is 0. The predicted octanol–water partition coefficient (Wildman–Crippen LogP) is -0.249. The fourth-order valence-electron chi connectivity index (χ4n) is 0. The Balaban J connectivity index is -0.0000000133. The first kappa shape index (κ1) is 24.8. The molecule has 0 amide bonds. The van der Waals surface area contributed by atoms with Crippen LogP contribution >= 0.6 is 0 Å². The van der Waals surface area contributed by atoms with Gasteiger partial charge in [0.2, 0.25) is 0 Å². The molecular formula is C5H21N3. The Bertz CT molecular complexity index is 7.64. The van der Waals surface area contributed by atoms with Crippen LogP contribution in [0.3, 0.4) is 0 Å². The van der Waals surface area contributed by atoms with Gasteiger partial charge in [-0.25, -0.2) is 0 Å². The maximum atomic E-state index is 4.50. The minimum Gasteiger partial charge on any atom is -0.333 e. The van der Waals surface area contributed by atoms with Crippen molar-refractivity contribution in [3.63, 3.8) is 0 Å². The molecule has 0 radical (unpaired) electrons. The van der Waals surface area contributed by atoms with E-state index in [1.165, 1.54) is 21.1 Å². The van der Waals surface area contributed by atoms with E-state index in [0.29, 0.717) is 0 Å². The first-order valence-electron chi connectivity index (χ1n) is 2.73. The van der Waals surface area contributed by atoms with Crippen LogP contribution in [-0.2, 0) is 0 Å². The van der Waals surface area contributed by atoms with Gasteiger partial charge < -0.3 is 17.2 Å². The molecule has 0 aromatic heterocycles. The first-order chi connectivity index (χ1) is 4.00. The molecule has 0 aliphatic rings. The third-order valence-corrected chi connectivity index (χ3v) is 0. The molecule has 3 heteroatoms. The lowest BCUT2D eigenvalue weighted by atomic mass is 11.0. The van der Waals surface area contributed by atoms with Crippen molar-refractivity contribution in [3.8, 4) is 0 Å². The molecule has 0 atom stereocenters. The smallest absolute Gasteiger partial charge is 0.0195 e. The number of nitrogens with two attached hydrogens (primary N) is 3. The van der Waals surface area contributed by atoms with Gasteiger partial charge in [0.15, 0.2) is 0 Å². The summed E-state index contributed by atoms with van der Waals surface area (Å²) in [4.78, 5) is 0.